The smallest absolute Gasteiger partial charge is 0.136 e. The molecule has 0 amide bonds. The maximum Gasteiger partial charge on any atom is 0.136 e. The normalized spacial score (nSPS) is 24.5. The number of rotatable bonds is 3. The third kappa shape index (κ3) is 3.01. The molecule has 4 heterocycles. The highest BCUT2D eigenvalue weighted by atomic mass is 16.5. The largest absolute Gasteiger partial charge is 0.375 e. The van der Waals surface area contributed by atoms with Crippen LogP contribution < -0.4 is 5.32 Å². The van der Waals surface area contributed by atoms with Gasteiger partial charge in [0.15, 0.2) is 0 Å². The van der Waals surface area contributed by atoms with Gasteiger partial charge in [-0.2, -0.15) is 0 Å². The van der Waals surface area contributed by atoms with Crippen molar-refractivity contribution in [2.45, 2.75) is 43.9 Å². The number of hydrogen-bond donors (Lipinski definition) is 1. The molecule has 4 rings (SSSR count). The number of imidazole rings is 1. The number of piperidine rings is 1. The number of nitrogens with one attached hydrogen (secondary N) is 1. The Hall–Kier alpha value is -1.43. The molecule has 2 saturated heterocycles. The third-order valence-electron chi connectivity index (χ3n) is 5.51. The van der Waals surface area contributed by atoms with Crippen LogP contribution in [0.3, 0.4) is 0 Å². The van der Waals surface area contributed by atoms with E-state index in [2.05, 4.69) is 45.0 Å². The van der Waals surface area contributed by atoms with Crippen LogP contribution in [0.2, 0.25) is 0 Å². The Bertz CT molecular complexity index is 656. The lowest BCUT2D eigenvalue weighted by Crippen LogP contribution is -2.52. The highest BCUT2D eigenvalue weighted by molar-refractivity contribution is 5.39. The van der Waals surface area contributed by atoms with Crippen molar-refractivity contribution in [1.82, 2.24) is 19.6 Å². The lowest BCUT2D eigenvalue weighted by Gasteiger charge is -2.46. The molecule has 1 atom stereocenters. The predicted octanol–water partition coefficient (Wildman–Crippen LogP) is 2.07. The number of fused-ring (bicyclic) bond motifs is 1. The van der Waals surface area contributed by atoms with E-state index in [-0.39, 0.29) is 5.60 Å². The van der Waals surface area contributed by atoms with Gasteiger partial charge in [-0.3, -0.25) is 4.90 Å². The number of nitrogens with zero attached hydrogens (tertiary/aromatic N) is 3. The van der Waals surface area contributed by atoms with Gasteiger partial charge in [-0.05, 0) is 58.0 Å². The van der Waals surface area contributed by atoms with Crippen molar-refractivity contribution < 1.29 is 4.74 Å². The highest BCUT2D eigenvalue weighted by Gasteiger charge is 2.39. The molecule has 0 aliphatic carbocycles. The van der Waals surface area contributed by atoms with Gasteiger partial charge in [0.1, 0.15) is 5.65 Å². The van der Waals surface area contributed by atoms with E-state index in [0.29, 0.717) is 6.04 Å². The Morgan fingerprint density at radius 1 is 1.39 bits per heavy atom. The number of ether oxygens (including phenoxy) is 1. The Kier molecular flexibility index (Phi) is 4.09. The van der Waals surface area contributed by atoms with Crippen LogP contribution in [0.5, 0.6) is 0 Å². The zero-order valence-electron chi connectivity index (χ0n) is 13.9. The SMILES string of the molecule is CN(Cc1cnc2ccccn12)C1CCOC2(CCNCC2)C1. The van der Waals surface area contributed by atoms with Gasteiger partial charge in [0.05, 0.1) is 17.5 Å². The maximum atomic E-state index is 6.21. The minimum absolute atomic E-state index is 0.113. The molecule has 124 valence electrons. The highest BCUT2D eigenvalue weighted by Crippen LogP contribution is 2.35. The topological polar surface area (TPSA) is 41.8 Å². The van der Waals surface area contributed by atoms with Crippen molar-refractivity contribution in [3.8, 4) is 0 Å². The number of aromatic nitrogens is 2. The molecule has 0 bridgehead atoms. The molecular formula is C18H26N4O. The van der Waals surface area contributed by atoms with E-state index in [1.807, 2.05) is 12.3 Å². The Morgan fingerprint density at radius 3 is 3.13 bits per heavy atom. The molecule has 1 unspecified atom stereocenters. The maximum absolute atomic E-state index is 6.21. The van der Waals surface area contributed by atoms with Gasteiger partial charge in [-0.1, -0.05) is 6.07 Å². The molecule has 5 nitrogen and oxygen atoms in total. The van der Waals surface area contributed by atoms with Gasteiger partial charge in [0.25, 0.3) is 0 Å². The van der Waals surface area contributed by atoms with Crippen LogP contribution >= 0.6 is 0 Å². The van der Waals surface area contributed by atoms with Gasteiger partial charge in [-0.25, -0.2) is 4.98 Å². The van der Waals surface area contributed by atoms with Crippen molar-refractivity contribution in [2.75, 3.05) is 26.7 Å². The summed E-state index contributed by atoms with van der Waals surface area (Å²) in [6.07, 6.45) is 8.68. The summed E-state index contributed by atoms with van der Waals surface area (Å²) >= 11 is 0. The summed E-state index contributed by atoms with van der Waals surface area (Å²) in [6, 6.07) is 6.75. The first-order chi connectivity index (χ1) is 11.3. The molecule has 2 aromatic rings. The van der Waals surface area contributed by atoms with Crippen LogP contribution in [0.15, 0.2) is 30.6 Å². The molecule has 1 N–H and O–H groups in total. The van der Waals surface area contributed by atoms with Crippen molar-refractivity contribution >= 4 is 5.65 Å². The first-order valence-corrected chi connectivity index (χ1v) is 8.72. The van der Waals surface area contributed by atoms with Crippen molar-refractivity contribution in [3.63, 3.8) is 0 Å². The Morgan fingerprint density at radius 2 is 2.26 bits per heavy atom. The molecule has 2 fully saturated rings. The van der Waals surface area contributed by atoms with Crippen LogP contribution in [0.1, 0.15) is 31.4 Å². The zero-order valence-corrected chi connectivity index (χ0v) is 13.9. The van der Waals surface area contributed by atoms with E-state index in [1.165, 1.54) is 5.69 Å². The van der Waals surface area contributed by atoms with Crippen molar-refractivity contribution in [1.29, 1.82) is 0 Å². The van der Waals surface area contributed by atoms with Gasteiger partial charge < -0.3 is 14.5 Å². The lowest BCUT2D eigenvalue weighted by atomic mass is 9.82. The van der Waals surface area contributed by atoms with Crippen LogP contribution in [-0.4, -0.2) is 52.7 Å². The van der Waals surface area contributed by atoms with Gasteiger partial charge in [0, 0.05) is 25.4 Å². The van der Waals surface area contributed by atoms with E-state index < -0.39 is 0 Å². The third-order valence-corrected chi connectivity index (χ3v) is 5.51. The molecule has 2 aromatic heterocycles. The van der Waals surface area contributed by atoms with Gasteiger partial charge >= 0.3 is 0 Å². The average Bonchev–Trinajstić information content (AvgIpc) is 2.99. The molecule has 0 aromatic carbocycles. The van der Waals surface area contributed by atoms with Crippen LogP contribution in [0.25, 0.3) is 5.65 Å². The molecule has 2 aliphatic rings. The zero-order chi connectivity index (χ0) is 15.7. The minimum Gasteiger partial charge on any atom is -0.375 e. The average molecular weight is 314 g/mol. The summed E-state index contributed by atoms with van der Waals surface area (Å²) in [5.74, 6) is 0. The van der Waals surface area contributed by atoms with Crippen LogP contribution in [0, 0.1) is 0 Å². The van der Waals surface area contributed by atoms with Crippen molar-refractivity contribution in [3.05, 3.63) is 36.3 Å². The predicted molar refractivity (Wildman–Crippen MR) is 90.5 cm³/mol. The standard InChI is InChI=1S/C18H26N4O/c1-21(14-16-13-20-17-4-2-3-10-22(16)17)15-5-11-23-18(12-15)6-8-19-9-7-18/h2-4,10,13,15,19H,5-9,11-12,14H2,1H3. The fourth-order valence-corrected chi connectivity index (χ4v) is 4.10. The first kappa shape index (κ1) is 15.1. The summed E-state index contributed by atoms with van der Waals surface area (Å²) < 4.78 is 8.40. The second kappa shape index (κ2) is 6.23. The quantitative estimate of drug-likeness (QED) is 0.942. The number of pyridine rings is 1. The van der Waals surface area contributed by atoms with E-state index in [4.69, 9.17) is 4.74 Å². The molecule has 5 heteroatoms. The summed E-state index contributed by atoms with van der Waals surface area (Å²) in [5, 5.41) is 3.45. The monoisotopic (exact) mass is 314 g/mol. The Labute approximate surface area is 137 Å². The molecule has 0 saturated carbocycles. The van der Waals surface area contributed by atoms with Gasteiger partial charge in [-0.15, -0.1) is 0 Å². The lowest BCUT2D eigenvalue weighted by molar-refractivity contribution is -0.119. The molecule has 23 heavy (non-hydrogen) atoms. The fourth-order valence-electron chi connectivity index (χ4n) is 4.10. The van der Waals surface area contributed by atoms with Gasteiger partial charge in [0.2, 0.25) is 0 Å². The van der Waals surface area contributed by atoms with Crippen LogP contribution in [0.4, 0.5) is 0 Å². The van der Waals surface area contributed by atoms with E-state index in [1.54, 1.807) is 0 Å². The van der Waals surface area contributed by atoms with Crippen LogP contribution in [-0.2, 0) is 11.3 Å². The number of hydrogen-bond acceptors (Lipinski definition) is 4. The Balaban J connectivity index is 1.47. The first-order valence-electron chi connectivity index (χ1n) is 8.72. The summed E-state index contributed by atoms with van der Waals surface area (Å²) in [4.78, 5) is 6.99. The summed E-state index contributed by atoms with van der Waals surface area (Å²) in [5.41, 5.74) is 2.40. The molecule has 2 aliphatic heterocycles. The summed E-state index contributed by atoms with van der Waals surface area (Å²) in [6.45, 7) is 4.00. The molecule has 0 radical (unpaired) electrons. The second-order valence-electron chi connectivity index (χ2n) is 7.02. The van der Waals surface area contributed by atoms with Crippen molar-refractivity contribution in [2.24, 2.45) is 0 Å². The van der Waals surface area contributed by atoms with E-state index in [9.17, 15) is 0 Å². The fraction of sp³-hybridized carbons (Fsp3) is 0.611. The van der Waals surface area contributed by atoms with E-state index in [0.717, 1.165) is 57.6 Å². The second-order valence-corrected chi connectivity index (χ2v) is 7.02. The minimum atomic E-state index is 0.113. The molecular weight excluding hydrogens is 288 g/mol. The summed E-state index contributed by atoms with van der Waals surface area (Å²) in [7, 11) is 2.24. The van der Waals surface area contributed by atoms with E-state index >= 15 is 0 Å². The molecule has 1 spiro atoms.